The van der Waals surface area contributed by atoms with Crippen LogP contribution >= 0.6 is 0 Å². The lowest BCUT2D eigenvalue weighted by Crippen LogP contribution is -2.24. The van der Waals surface area contributed by atoms with Crippen LogP contribution in [0.3, 0.4) is 0 Å². The van der Waals surface area contributed by atoms with Gasteiger partial charge in [0, 0.05) is 36.0 Å². The molecule has 2 heterocycles. The van der Waals surface area contributed by atoms with Crippen molar-refractivity contribution in [3.63, 3.8) is 0 Å². The second kappa shape index (κ2) is 7.14. The summed E-state index contributed by atoms with van der Waals surface area (Å²) in [5.41, 5.74) is 8.30. The lowest BCUT2D eigenvalue weighted by atomic mass is 9.90. The Morgan fingerprint density at radius 1 is 1.38 bits per heavy atom. The van der Waals surface area contributed by atoms with E-state index in [1.165, 1.54) is 12.3 Å². The molecule has 8 heteroatoms. The van der Waals surface area contributed by atoms with E-state index in [9.17, 15) is 18.3 Å². The molecule has 1 aromatic heterocycles. The highest BCUT2D eigenvalue weighted by atomic mass is 32.2. The van der Waals surface area contributed by atoms with Gasteiger partial charge in [0.25, 0.3) is 0 Å². The highest BCUT2D eigenvalue weighted by Gasteiger charge is 2.31. The van der Waals surface area contributed by atoms with Gasteiger partial charge in [-0.2, -0.15) is 0 Å². The zero-order valence-electron chi connectivity index (χ0n) is 14.3. The molecule has 3 rings (SSSR count). The number of pyridine rings is 1. The third-order valence-corrected chi connectivity index (χ3v) is 6.47. The molecule has 7 nitrogen and oxygen atoms in total. The van der Waals surface area contributed by atoms with Gasteiger partial charge in [-0.15, -0.1) is 0 Å². The molecule has 2 aromatic rings. The van der Waals surface area contributed by atoms with Crippen LogP contribution in [0, 0.1) is 0 Å². The first-order valence-corrected chi connectivity index (χ1v) is 9.98. The van der Waals surface area contributed by atoms with E-state index in [0.29, 0.717) is 17.8 Å². The van der Waals surface area contributed by atoms with Crippen molar-refractivity contribution in [3.8, 4) is 0 Å². The van der Waals surface area contributed by atoms with E-state index in [4.69, 9.17) is 5.73 Å². The van der Waals surface area contributed by atoms with E-state index in [1.54, 1.807) is 25.1 Å². The lowest BCUT2D eigenvalue weighted by molar-refractivity contribution is 0.1000. The highest BCUT2D eigenvalue weighted by Crippen LogP contribution is 2.36. The summed E-state index contributed by atoms with van der Waals surface area (Å²) in [6.45, 7) is 1.99. The zero-order chi connectivity index (χ0) is 18.9. The maximum Gasteiger partial charge on any atom is 0.248 e. The summed E-state index contributed by atoms with van der Waals surface area (Å²) >= 11 is 0. The van der Waals surface area contributed by atoms with Crippen LogP contribution in [0.4, 0.5) is 0 Å². The SMILES string of the molecule is CCS(=O)(=O)c1ccc([C@H](CO)C2NCc3cc(C(N)=O)ccc32)nc1. The van der Waals surface area contributed by atoms with Crippen molar-refractivity contribution in [3.05, 3.63) is 58.9 Å². The average Bonchev–Trinajstić information content (AvgIpc) is 3.06. The molecular formula is C18H21N3O4S. The van der Waals surface area contributed by atoms with Crippen LogP contribution in [-0.2, 0) is 16.4 Å². The Labute approximate surface area is 152 Å². The number of aliphatic hydroxyl groups is 1. The average molecular weight is 375 g/mol. The van der Waals surface area contributed by atoms with Crippen LogP contribution in [-0.4, -0.2) is 36.8 Å². The zero-order valence-corrected chi connectivity index (χ0v) is 15.2. The molecule has 0 radical (unpaired) electrons. The molecule has 138 valence electrons. The molecule has 0 aliphatic carbocycles. The number of nitrogens with zero attached hydrogens (tertiary/aromatic N) is 1. The van der Waals surface area contributed by atoms with Crippen molar-refractivity contribution >= 4 is 15.7 Å². The van der Waals surface area contributed by atoms with Crippen LogP contribution in [0.5, 0.6) is 0 Å². The van der Waals surface area contributed by atoms with Crippen molar-refractivity contribution in [2.45, 2.75) is 30.3 Å². The Bertz CT molecular complexity index is 926. The van der Waals surface area contributed by atoms with Gasteiger partial charge in [0.1, 0.15) is 0 Å². The molecule has 1 aliphatic rings. The van der Waals surface area contributed by atoms with Crippen LogP contribution in [0.15, 0.2) is 41.4 Å². The van der Waals surface area contributed by atoms with E-state index in [2.05, 4.69) is 10.3 Å². The van der Waals surface area contributed by atoms with E-state index in [1.807, 2.05) is 6.07 Å². The quantitative estimate of drug-likeness (QED) is 0.689. The number of carbonyl (C=O) groups excluding carboxylic acids is 1. The first kappa shape index (κ1) is 18.5. The smallest absolute Gasteiger partial charge is 0.248 e. The number of benzene rings is 1. The predicted octanol–water partition coefficient (Wildman–Crippen LogP) is 0.894. The van der Waals surface area contributed by atoms with Crippen molar-refractivity contribution in [1.29, 1.82) is 0 Å². The van der Waals surface area contributed by atoms with Crippen LogP contribution in [0.1, 0.15) is 46.1 Å². The minimum Gasteiger partial charge on any atom is -0.396 e. The topological polar surface area (TPSA) is 122 Å². The van der Waals surface area contributed by atoms with Gasteiger partial charge in [-0.1, -0.05) is 13.0 Å². The maximum atomic E-state index is 11.9. The van der Waals surface area contributed by atoms with Gasteiger partial charge in [-0.25, -0.2) is 8.42 Å². The molecule has 1 aromatic carbocycles. The first-order chi connectivity index (χ1) is 12.4. The number of rotatable bonds is 6. The maximum absolute atomic E-state index is 11.9. The fourth-order valence-electron chi connectivity index (χ4n) is 3.24. The second-order valence-corrected chi connectivity index (χ2v) is 8.53. The highest BCUT2D eigenvalue weighted by molar-refractivity contribution is 7.91. The van der Waals surface area contributed by atoms with Crippen LogP contribution in [0.25, 0.3) is 0 Å². The van der Waals surface area contributed by atoms with Crippen LogP contribution in [0.2, 0.25) is 0 Å². The Kier molecular flexibility index (Phi) is 5.08. The van der Waals surface area contributed by atoms with Crippen LogP contribution < -0.4 is 11.1 Å². The number of nitrogens with two attached hydrogens (primary N) is 1. The molecule has 26 heavy (non-hydrogen) atoms. The molecule has 0 spiro atoms. The Morgan fingerprint density at radius 2 is 2.15 bits per heavy atom. The Balaban J connectivity index is 1.91. The molecule has 0 saturated heterocycles. The summed E-state index contributed by atoms with van der Waals surface area (Å²) in [7, 11) is -3.31. The predicted molar refractivity (Wildman–Crippen MR) is 96.3 cm³/mol. The third-order valence-electron chi connectivity index (χ3n) is 4.75. The Morgan fingerprint density at radius 3 is 2.73 bits per heavy atom. The summed E-state index contributed by atoms with van der Waals surface area (Å²) in [6.07, 6.45) is 1.34. The normalized spacial score (nSPS) is 17.7. The standard InChI is InChI=1S/C18H21N3O4S/c1-2-26(24,25)13-4-6-16(20-9-13)15(10-22)17-14-5-3-11(18(19)23)7-12(14)8-21-17/h3-7,9,15,17,21-22H,2,8,10H2,1H3,(H2,19,23)/t15-,17?/m0/s1. The molecule has 0 bridgehead atoms. The number of fused-ring (bicyclic) bond motifs is 1. The summed E-state index contributed by atoms with van der Waals surface area (Å²) < 4.78 is 23.8. The number of aliphatic hydroxyl groups excluding tert-OH is 1. The second-order valence-electron chi connectivity index (χ2n) is 6.25. The minimum atomic E-state index is -3.31. The van der Waals surface area contributed by atoms with Gasteiger partial charge in [0.05, 0.1) is 17.3 Å². The summed E-state index contributed by atoms with van der Waals surface area (Å²) in [6, 6.07) is 8.23. The van der Waals surface area contributed by atoms with Gasteiger partial charge in [-0.3, -0.25) is 9.78 Å². The number of hydrogen-bond donors (Lipinski definition) is 3. The monoisotopic (exact) mass is 375 g/mol. The van der Waals surface area contributed by atoms with E-state index < -0.39 is 15.7 Å². The minimum absolute atomic E-state index is 0.0111. The fourth-order valence-corrected chi connectivity index (χ4v) is 4.06. The molecule has 2 atom stereocenters. The molecule has 1 unspecified atom stereocenters. The van der Waals surface area contributed by atoms with Gasteiger partial charge in [0.2, 0.25) is 5.91 Å². The van der Waals surface area contributed by atoms with Crippen molar-refractivity contribution in [1.82, 2.24) is 10.3 Å². The van der Waals surface area contributed by atoms with Gasteiger partial charge < -0.3 is 16.2 Å². The fraction of sp³-hybridized carbons (Fsp3) is 0.333. The number of nitrogens with one attached hydrogen (secondary N) is 1. The lowest BCUT2D eigenvalue weighted by Gasteiger charge is -2.22. The van der Waals surface area contributed by atoms with Crippen molar-refractivity contribution < 1.29 is 18.3 Å². The summed E-state index contributed by atoms with van der Waals surface area (Å²) in [5.74, 6) is -0.810. The van der Waals surface area contributed by atoms with Crippen molar-refractivity contribution in [2.24, 2.45) is 5.73 Å². The number of aromatic nitrogens is 1. The molecule has 1 aliphatic heterocycles. The third kappa shape index (κ3) is 3.35. The number of amides is 1. The molecule has 0 fully saturated rings. The Hall–Kier alpha value is -2.29. The molecule has 0 saturated carbocycles. The molecular weight excluding hydrogens is 354 g/mol. The molecule has 1 amide bonds. The number of carbonyl (C=O) groups is 1. The molecule has 4 N–H and O–H groups in total. The van der Waals surface area contributed by atoms with E-state index in [0.717, 1.165) is 11.1 Å². The van der Waals surface area contributed by atoms with Gasteiger partial charge in [-0.05, 0) is 35.4 Å². The number of sulfone groups is 1. The van der Waals surface area contributed by atoms with E-state index in [-0.39, 0.29) is 29.2 Å². The van der Waals surface area contributed by atoms with Gasteiger partial charge in [0.15, 0.2) is 9.84 Å². The largest absolute Gasteiger partial charge is 0.396 e. The van der Waals surface area contributed by atoms with E-state index >= 15 is 0 Å². The summed E-state index contributed by atoms with van der Waals surface area (Å²) in [4.78, 5) is 15.8. The first-order valence-electron chi connectivity index (χ1n) is 8.33. The summed E-state index contributed by atoms with van der Waals surface area (Å²) in [5, 5.41) is 13.2. The van der Waals surface area contributed by atoms with Crippen molar-refractivity contribution in [2.75, 3.05) is 12.4 Å². The van der Waals surface area contributed by atoms with Gasteiger partial charge >= 0.3 is 0 Å². The number of hydrogen-bond acceptors (Lipinski definition) is 6. The number of primary amides is 1.